The Hall–Kier alpha value is -1.53. The second-order valence-corrected chi connectivity index (χ2v) is 5.94. The van der Waals surface area contributed by atoms with Gasteiger partial charge < -0.3 is 10.6 Å². The van der Waals surface area contributed by atoms with Gasteiger partial charge in [0.1, 0.15) is 0 Å². The number of nitrogens with one attached hydrogen (secondary N) is 1. The lowest BCUT2D eigenvalue weighted by Gasteiger charge is -2.19. The van der Waals surface area contributed by atoms with Crippen molar-refractivity contribution in [2.45, 2.75) is 20.4 Å². The molecule has 0 unspecified atom stereocenters. The number of nitrogens with zero attached hydrogens (tertiary/aromatic N) is 2. The van der Waals surface area contributed by atoms with Gasteiger partial charge >= 0.3 is 0 Å². The van der Waals surface area contributed by atoms with E-state index in [1.54, 1.807) is 11.8 Å². The number of rotatable bonds is 4. The van der Waals surface area contributed by atoms with E-state index in [1.807, 2.05) is 19.1 Å². The lowest BCUT2D eigenvalue weighted by atomic mass is 10.2. The number of aromatic nitrogens is 2. The van der Waals surface area contributed by atoms with Gasteiger partial charge in [0, 0.05) is 11.4 Å². The highest BCUT2D eigenvalue weighted by atomic mass is 35.5. The molecular formula is C12H15ClN4OS. The number of aromatic amines is 1. The number of amides is 1. The minimum atomic E-state index is -0.172. The summed E-state index contributed by atoms with van der Waals surface area (Å²) in [6.07, 6.45) is 0. The van der Waals surface area contributed by atoms with Crippen LogP contribution in [0.4, 0.5) is 5.69 Å². The normalized spacial score (nSPS) is 10.7. The fraction of sp³-hybridized carbons (Fsp3) is 0.333. The van der Waals surface area contributed by atoms with Crippen LogP contribution in [-0.4, -0.2) is 27.5 Å². The minimum absolute atomic E-state index is 0.172. The zero-order valence-corrected chi connectivity index (χ0v) is 12.3. The Labute approximate surface area is 120 Å². The maximum atomic E-state index is 12.4. The lowest BCUT2D eigenvalue weighted by Crippen LogP contribution is -2.30. The van der Waals surface area contributed by atoms with E-state index in [1.165, 1.54) is 11.3 Å². The standard InChI is InChI=1S/C12H15ClN4OS/c1-3-17(6-8-4-5-9(13)19-8)12(18)11-10(14)7(2)15-16-11/h4-5H,3,6,14H2,1-2H3,(H,15,16). The topological polar surface area (TPSA) is 75.0 Å². The van der Waals surface area contributed by atoms with E-state index in [4.69, 9.17) is 17.3 Å². The summed E-state index contributed by atoms with van der Waals surface area (Å²) >= 11 is 7.36. The van der Waals surface area contributed by atoms with Gasteiger partial charge in [0.25, 0.3) is 5.91 Å². The molecule has 2 rings (SSSR count). The van der Waals surface area contributed by atoms with E-state index in [9.17, 15) is 4.79 Å². The second kappa shape index (κ2) is 5.63. The highest BCUT2D eigenvalue weighted by molar-refractivity contribution is 7.16. The Morgan fingerprint density at radius 3 is 2.79 bits per heavy atom. The molecule has 0 radical (unpaired) electrons. The van der Waals surface area contributed by atoms with E-state index < -0.39 is 0 Å². The molecule has 2 aromatic heterocycles. The first kappa shape index (κ1) is 13.9. The van der Waals surface area contributed by atoms with Gasteiger partial charge in [-0.2, -0.15) is 5.10 Å². The summed E-state index contributed by atoms with van der Waals surface area (Å²) in [6, 6.07) is 3.75. The summed E-state index contributed by atoms with van der Waals surface area (Å²) in [4.78, 5) is 15.1. The van der Waals surface area contributed by atoms with Gasteiger partial charge in [-0.15, -0.1) is 11.3 Å². The second-order valence-electron chi connectivity index (χ2n) is 4.14. The molecule has 0 atom stereocenters. The molecule has 0 fully saturated rings. The van der Waals surface area contributed by atoms with E-state index in [0.29, 0.717) is 28.8 Å². The van der Waals surface area contributed by atoms with Crippen LogP contribution in [0.2, 0.25) is 4.34 Å². The molecule has 0 aliphatic heterocycles. The molecule has 7 heteroatoms. The first-order valence-corrected chi connectivity index (χ1v) is 7.06. The number of anilines is 1. The molecule has 102 valence electrons. The summed E-state index contributed by atoms with van der Waals surface area (Å²) < 4.78 is 0.716. The van der Waals surface area contributed by atoms with Crippen molar-refractivity contribution < 1.29 is 4.79 Å². The van der Waals surface area contributed by atoms with E-state index in [-0.39, 0.29) is 11.6 Å². The number of nitrogens with two attached hydrogens (primary N) is 1. The van der Waals surface area contributed by atoms with Crippen molar-refractivity contribution in [2.24, 2.45) is 0 Å². The van der Waals surface area contributed by atoms with Crippen LogP contribution in [0.15, 0.2) is 12.1 Å². The fourth-order valence-electron chi connectivity index (χ4n) is 1.70. The SMILES string of the molecule is CCN(Cc1ccc(Cl)s1)C(=O)c1n[nH]c(C)c1N. The molecular weight excluding hydrogens is 284 g/mol. The van der Waals surface area contributed by atoms with Gasteiger partial charge in [-0.1, -0.05) is 11.6 Å². The quantitative estimate of drug-likeness (QED) is 0.911. The lowest BCUT2D eigenvalue weighted by molar-refractivity contribution is 0.0749. The van der Waals surface area contributed by atoms with Gasteiger partial charge in [-0.05, 0) is 26.0 Å². The van der Waals surface area contributed by atoms with Gasteiger partial charge in [0.15, 0.2) is 5.69 Å². The molecule has 3 N–H and O–H groups in total. The molecule has 0 bridgehead atoms. The zero-order valence-electron chi connectivity index (χ0n) is 10.7. The van der Waals surface area contributed by atoms with Crippen LogP contribution in [0.1, 0.15) is 28.0 Å². The zero-order chi connectivity index (χ0) is 14.0. The number of H-pyrrole nitrogens is 1. The highest BCUT2D eigenvalue weighted by Gasteiger charge is 2.21. The summed E-state index contributed by atoms with van der Waals surface area (Å²) in [5.74, 6) is -0.172. The first-order chi connectivity index (χ1) is 9.02. The maximum absolute atomic E-state index is 12.4. The summed E-state index contributed by atoms with van der Waals surface area (Å²) in [6.45, 7) is 4.80. The fourth-order valence-corrected chi connectivity index (χ4v) is 2.81. The van der Waals surface area contributed by atoms with Crippen molar-refractivity contribution in [1.29, 1.82) is 0 Å². The number of hydrogen-bond donors (Lipinski definition) is 2. The molecule has 19 heavy (non-hydrogen) atoms. The van der Waals surface area contributed by atoms with Gasteiger partial charge in [0.05, 0.1) is 22.3 Å². The summed E-state index contributed by atoms with van der Waals surface area (Å²) in [5.41, 5.74) is 7.23. The molecule has 2 aromatic rings. The number of aryl methyl sites for hydroxylation is 1. The molecule has 0 aliphatic carbocycles. The van der Waals surface area contributed by atoms with Crippen LogP contribution in [0.5, 0.6) is 0 Å². The van der Waals surface area contributed by atoms with Crippen molar-refractivity contribution in [2.75, 3.05) is 12.3 Å². The average molecular weight is 299 g/mol. The molecule has 1 amide bonds. The van der Waals surface area contributed by atoms with E-state index in [2.05, 4.69) is 10.2 Å². The number of hydrogen-bond acceptors (Lipinski definition) is 4. The summed E-state index contributed by atoms with van der Waals surface area (Å²) in [5, 5.41) is 6.69. The number of nitrogen functional groups attached to an aromatic ring is 1. The highest BCUT2D eigenvalue weighted by Crippen LogP contribution is 2.24. The molecule has 0 spiro atoms. The minimum Gasteiger partial charge on any atom is -0.395 e. The third-order valence-electron chi connectivity index (χ3n) is 2.84. The van der Waals surface area contributed by atoms with E-state index in [0.717, 1.165) is 4.88 Å². The maximum Gasteiger partial charge on any atom is 0.276 e. The molecule has 2 heterocycles. The van der Waals surface area contributed by atoms with Crippen molar-refractivity contribution in [1.82, 2.24) is 15.1 Å². The number of carbonyl (C=O) groups excluding carboxylic acids is 1. The van der Waals surface area contributed by atoms with Crippen LogP contribution >= 0.6 is 22.9 Å². The molecule has 5 nitrogen and oxygen atoms in total. The van der Waals surface area contributed by atoms with Crippen LogP contribution in [0.25, 0.3) is 0 Å². The largest absolute Gasteiger partial charge is 0.395 e. The predicted octanol–water partition coefficient (Wildman–Crippen LogP) is 2.68. The van der Waals surface area contributed by atoms with Crippen molar-refractivity contribution >= 4 is 34.5 Å². The monoisotopic (exact) mass is 298 g/mol. The summed E-state index contributed by atoms with van der Waals surface area (Å²) in [7, 11) is 0. The third kappa shape index (κ3) is 2.90. The molecule has 0 aromatic carbocycles. The first-order valence-electron chi connectivity index (χ1n) is 5.86. The van der Waals surface area contributed by atoms with E-state index >= 15 is 0 Å². The Morgan fingerprint density at radius 1 is 1.58 bits per heavy atom. The van der Waals surface area contributed by atoms with Crippen molar-refractivity contribution in [3.8, 4) is 0 Å². The Bertz CT molecular complexity index is 592. The van der Waals surface area contributed by atoms with Crippen molar-refractivity contribution in [3.05, 3.63) is 32.7 Å². The van der Waals surface area contributed by atoms with Crippen LogP contribution in [0.3, 0.4) is 0 Å². The number of carbonyl (C=O) groups is 1. The molecule has 0 saturated heterocycles. The Kier molecular flexibility index (Phi) is 4.11. The van der Waals surface area contributed by atoms with Gasteiger partial charge in [-0.25, -0.2) is 0 Å². The van der Waals surface area contributed by atoms with Crippen LogP contribution in [0, 0.1) is 6.92 Å². The smallest absolute Gasteiger partial charge is 0.276 e. The van der Waals surface area contributed by atoms with Crippen LogP contribution in [-0.2, 0) is 6.54 Å². The van der Waals surface area contributed by atoms with Crippen LogP contribution < -0.4 is 5.73 Å². The third-order valence-corrected chi connectivity index (χ3v) is 4.06. The average Bonchev–Trinajstić information content (AvgIpc) is 2.94. The number of thiophene rings is 1. The van der Waals surface area contributed by atoms with Gasteiger partial charge in [0.2, 0.25) is 0 Å². The predicted molar refractivity (Wildman–Crippen MR) is 77.5 cm³/mol. The van der Waals surface area contributed by atoms with Crippen molar-refractivity contribution in [3.63, 3.8) is 0 Å². The number of halogens is 1. The van der Waals surface area contributed by atoms with Gasteiger partial charge in [-0.3, -0.25) is 9.89 Å². The molecule has 0 aliphatic rings. The Morgan fingerprint density at radius 2 is 2.32 bits per heavy atom. The molecule has 0 saturated carbocycles. The Balaban J connectivity index is 2.17.